The van der Waals surface area contributed by atoms with Crippen LogP contribution in [0.2, 0.25) is 0 Å². The van der Waals surface area contributed by atoms with Crippen LogP contribution in [0.15, 0.2) is 18.2 Å². The number of ether oxygens (including phenoxy) is 1. The number of aryl methyl sites for hydroxylation is 1. The van der Waals surface area contributed by atoms with Gasteiger partial charge in [0.25, 0.3) is 0 Å². The topological polar surface area (TPSA) is 55.6 Å². The third-order valence-electron chi connectivity index (χ3n) is 3.22. The lowest BCUT2D eigenvalue weighted by atomic mass is 9.97. The van der Waals surface area contributed by atoms with Crippen LogP contribution in [-0.2, 0) is 11.2 Å². The van der Waals surface area contributed by atoms with Crippen LogP contribution in [0.1, 0.15) is 18.1 Å². The Labute approximate surface area is 115 Å². The molecule has 4 nitrogen and oxygen atoms in total. The van der Waals surface area contributed by atoms with Crippen LogP contribution in [-0.4, -0.2) is 38.1 Å². The molecule has 0 fully saturated rings. The molecular weight excluding hydrogens is 240 g/mol. The van der Waals surface area contributed by atoms with Gasteiger partial charge in [-0.3, -0.25) is 4.79 Å². The summed E-state index contributed by atoms with van der Waals surface area (Å²) >= 11 is 0. The third kappa shape index (κ3) is 4.24. The van der Waals surface area contributed by atoms with Crippen LogP contribution in [0, 0.1) is 12.8 Å². The zero-order valence-electron chi connectivity index (χ0n) is 12.3. The summed E-state index contributed by atoms with van der Waals surface area (Å²) in [6.45, 7) is 5.06. The van der Waals surface area contributed by atoms with Crippen molar-refractivity contribution in [1.29, 1.82) is 0 Å². The number of carbonyl (C=O) groups is 1. The quantitative estimate of drug-likeness (QED) is 0.849. The molecule has 0 saturated heterocycles. The van der Waals surface area contributed by atoms with E-state index >= 15 is 0 Å². The highest BCUT2D eigenvalue weighted by atomic mass is 16.5. The van der Waals surface area contributed by atoms with E-state index in [0.717, 1.165) is 11.3 Å². The van der Waals surface area contributed by atoms with Crippen LogP contribution in [0.3, 0.4) is 0 Å². The Bertz CT molecular complexity index is 432. The van der Waals surface area contributed by atoms with Gasteiger partial charge >= 0.3 is 0 Å². The van der Waals surface area contributed by atoms with E-state index in [1.807, 2.05) is 26.0 Å². The number of hydrogen-bond acceptors (Lipinski definition) is 3. The molecule has 1 aromatic rings. The van der Waals surface area contributed by atoms with Gasteiger partial charge in [0.2, 0.25) is 5.91 Å². The predicted molar refractivity (Wildman–Crippen MR) is 77.3 cm³/mol. The summed E-state index contributed by atoms with van der Waals surface area (Å²) in [6, 6.07) is 6.03. The minimum Gasteiger partial charge on any atom is -0.496 e. The van der Waals surface area contributed by atoms with Crippen molar-refractivity contribution in [3.05, 3.63) is 29.3 Å². The zero-order chi connectivity index (χ0) is 14.4. The molecule has 0 radical (unpaired) electrons. The molecule has 0 heterocycles. The van der Waals surface area contributed by atoms with Crippen molar-refractivity contribution >= 4 is 5.91 Å². The predicted octanol–water partition coefficient (Wildman–Crippen LogP) is 1.60. The highest BCUT2D eigenvalue weighted by molar-refractivity contribution is 5.78. The first-order chi connectivity index (χ1) is 8.99. The van der Waals surface area contributed by atoms with Crippen LogP contribution in [0.5, 0.6) is 5.75 Å². The van der Waals surface area contributed by atoms with Gasteiger partial charge in [0.1, 0.15) is 5.75 Å². The number of amides is 1. The average Bonchev–Trinajstić information content (AvgIpc) is 2.38. The van der Waals surface area contributed by atoms with E-state index in [4.69, 9.17) is 10.5 Å². The molecule has 1 aromatic carbocycles. The fraction of sp³-hybridized carbons (Fsp3) is 0.533. The zero-order valence-corrected chi connectivity index (χ0v) is 12.3. The second-order valence-corrected chi connectivity index (χ2v) is 4.97. The molecule has 19 heavy (non-hydrogen) atoms. The largest absolute Gasteiger partial charge is 0.496 e. The molecule has 0 aliphatic heterocycles. The van der Waals surface area contributed by atoms with Crippen LogP contribution < -0.4 is 10.5 Å². The molecule has 0 saturated carbocycles. The molecule has 0 spiro atoms. The summed E-state index contributed by atoms with van der Waals surface area (Å²) in [4.78, 5) is 13.8. The summed E-state index contributed by atoms with van der Waals surface area (Å²) in [5.41, 5.74) is 7.72. The second kappa shape index (κ2) is 7.14. The maximum absolute atomic E-state index is 12.2. The highest BCUT2D eigenvalue weighted by Gasteiger charge is 2.19. The Balaban J connectivity index is 2.78. The van der Waals surface area contributed by atoms with E-state index in [9.17, 15) is 4.79 Å². The van der Waals surface area contributed by atoms with Crippen molar-refractivity contribution in [3.63, 3.8) is 0 Å². The van der Waals surface area contributed by atoms with Gasteiger partial charge in [-0.15, -0.1) is 0 Å². The van der Waals surface area contributed by atoms with E-state index < -0.39 is 0 Å². The average molecular weight is 264 g/mol. The number of likely N-dealkylation sites (N-methyl/N-ethyl adjacent to an activating group) is 1. The van der Waals surface area contributed by atoms with Crippen LogP contribution >= 0.6 is 0 Å². The van der Waals surface area contributed by atoms with Gasteiger partial charge in [-0.25, -0.2) is 0 Å². The molecule has 4 heteroatoms. The molecule has 1 atom stereocenters. The van der Waals surface area contributed by atoms with E-state index in [0.29, 0.717) is 19.5 Å². The maximum atomic E-state index is 12.2. The SMILES string of the molecule is COc1ccc(C)cc1CC(C)C(=O)N(C)CCN. The normalized spacial score (nSPS) is 12.1. The van der Waals surface area contributed by atoms with Gasteiger partial charge in [0.05, 0.1) is 7.11 Å². The Morgan fingerprint density at radius 1 is 1.47 bits per heavy atom. The number of benzene rings is 1. The molecule has 0 bridgehead atoms. The summed E-state index contributed by atoms with van der Waals surface area (Å²) in [6.07, 6.45) is 0.679. The number of hydrogen-bond donors (Lipinski definition) is 1. The van der Waals surface area contributed by atoms with Crippen molar-refractivity contribution in [1.82, 2.24) is 4.90 Å². The van der Waals surface area contributed by atoms with Crippen LogP contribution in [0.4, 0.5) is 0 Å². The number of methoxy groups -OCH3 is 1. The smallest absolute Gasteiger partial charge is 0.225 e. The van der Waals surface area contributed by atoms with Gasteiger partial charge in [-0.05, 0) is 25.0 Å². The lowest BCUT2D eigenvalue weighted by Crippen LogP contribution is -2.36. The van der Waals surface area contributed by atoms with Crippen molar-refractivity contribution in [3.8, 4) is 5.75 Å². The van der Waals surface area contributed by atoms with E-state index in [1.165, 1.54) is 5.56 Å². The first kappa shape index (κ1) is 15.5. The number of nitrogens with two attached hydrogens (primary N) is 1. The highest BCUT2D eigenvalue weighted by Crippen LogP contribution is 2.23. The van der Waals surface area contributed by atoms with E-state index in [-0.39, 0.29) is 11.8 Å². The van der Waals surface area contributed by atoms with Gasteiger partial charge in [-0.2, -0.15) is 0 Å². The Hall–Kier alpha value is -1.55. The minimum absolute atomic E-state index is 0.0766. The Kier molecular flexibility index (Phi) is 5.83. The molecule has 1 amide bonds. The second-order valence-electron chi connectivity index (χ2n) is 4.97. The summed E-state index contributed by atoms with van der Waals surface area (Å²) in [5, 5.41) is 0. The maximum Gasteiger partial charge on any atom is 0.225 e. The first-order valence-corrected chi connectivity index (χ1v) is 6.58. The van der Waals surface area contributed by atoms with E-state index in [1.54, 1.807) is 19.1 Å². The third-order valence-corrected chi connectivity index (χ3v) is 3.22. The molecule has 106 valence electrons. The van der Waals surface area contributed by atoms with E-state index in [2.05, 4.69) is 6.07 Å². The minimum atomic E-state index is -0.0766. The molecule has 2 N–H and O–H groups in total. The van der Waals surface area contributed by atoms with Crippen LogP contribution in [0.25, 0.3) is 0 Å². The number of carbonyl (C=O) groups excluding carboxylic acids is 1. The standard InChI is InChI=1S/C15H24N2O2/c1-11-5-6-14(19-4)13(9-11)10-12(2)15(18)17(3)8-7-16/h5-6,9,12H,7-8,10,16H2,1-4H3. The Morgan fingerprint density at radius 3 is 2.74 bits per heavy atom. The van der Waals surface area contributed by atoms with Crippen molar-refractivity contribution in [2.24, 2.45) is 11.7 Å². The molecular formula is C15H24N2O2. The number of rotatable bonds is 6. The lowest BCUT2D eigenvalue weighted by Gasteiger charge is -2.21. The van der Waals surface area contributed by atoms with Crippen molar-refractivity contribution < 1.29 is 9.53 Å². The summed E-state index contributed by atoms with van der Waals surface area (Å²) in [7, 11) is 3.44. The van der Waals surface area contributed by atoms with Crippen molar-refractivity contribution in [2.75, 3.05) is 27.2 Å². The molecule has 0 aliphatic carbocycles. The number of nitrogens with zero attached hydrogens (tertiary/aromatic N) is 1. The van der Waals surface area contributed by atoms with Gasteiger partial charge in [0, 0.05) is 26.1 Å². The van der Waals surface area contributed by atoms with Gasteiger partial charge < -0.3 is 15.4 Å². The summed E-state index contributed by atoms with van der Waals surface area (Å²) in [5.74, 6) is 0.882. The first-order valence-electron chi connectivity index (χ1n) is 6.58. The lowest BCUT2D eigenvalue weighted by molar-refractivity contribution is -0.133. The Morgan fingerprint density at radius 2 is 2.16 bits per heavy atom. The van der Waals surface area contributed by atoms with Crippen molar-refractivity contribution in [2.45, 2.75) is 20.3 Å². The molecule has 1 rings (SSSR count). The molecule has 0 aliphatic rings. The molecule has 1 unspecified atom stereocenters. The van der Waals surface area contributed by atoms with Gasteiger partial charge in [-0.1, -0.05) is 24.6 Å². The fourth-order valence-corrected chi connectivity index (χ4v) is 2.16. The fourth-order valence-electron chi connectivity index (χ4n) is 2.16. The van der Waals surface area contributed by atoms with Gasteiger partial charge in [0.15, 0.2) is 0 Å². The summed E-state index contributed by atoms with van der Waals surface area (Å²) < 4.78 is 5.34. The monoisotopic (exact) mass is 264 g/mol. The molecule has 0 aromatic heterocycles.